The number of benzene rings is 4. The van der Waals surface area contributed by atoms with E-state index < -0.39 is 16.0 Å². The number of hydrogen-bond acceptors (Lipinski definition) is 6. The highest BCUT2D eigenvalue weighted by molar-refractivity contribution is 7.90. The van der Waals surface area contributed by atoms with Crippen LogP contribution in [0.3, 0.4) is 0 Å². The molecule has 0 saturated carbocycles. The standard InChI is InChI=1S/C26H19N3O4S/c27-24-17-25(33-26(30)21-12-10-20(11-13-21)18-6-2-1-3-7-18)28-29(24)34(31,32)23-15-14-19-8-4-5-9-22(19)16-23/h1-17H,27H2. The molecule has 8 heteroatoms. The van der Waals surface area contributed by atoms with Gasteiger partial charge in [0.25, 0.3) is 10.0 Å². The zero-order chi connectivity index (χ0) is 23.7. The van der Waals surface area contributed by atoms with Crippen molar-refractivity contribution >= 4 is 32.6 Å². The van der Waals surface area contributed by atoms with E-state index in [4.69, 9.17) is 10.5 Å². The molecule has 0 amide bonds. The third-order valence-electron chi connectivity index (χ3n) is 5.35. The summed E-state index contributed by atoms with van der Waals surface area (Å²) in [5, 5.41) is 5.60. The number of aromatic nitrogens is 2. The summed E-state index contributed by atoms with van der Waals surface area (Å²) in [7, 11) is -4.09. The van der Waals surface area contributed by atoms with Crippen molar-refractivity contribution < 1.29 is 17.9 Å². The van der Waals surface area contributed by atoms with E-state index in [1.807, 2.05) is 66.7 Å². The summed E-state index contributed by atoms with van der Waals surface area (Å²) in [5.41, 5.74) is 8.17. The Balaban J connectivity index is 1.38. The Morgan fingerprint density at radius 2 is 1.41 bits per heavy atom. The second-order valence-electron chi connectivity index (χ2n) is 7.60. The first-order valence-electron chi connectivity index (χ1n) is 10.4. The van der Waals surface area contributed by atoms with Crippen LogP contribution in [0.2, 0.25) is 0 Å². The molecule has 0 atom stereocenters. The number of ether oxygens (including phenoxy) is 1. The summed E-state index contributed by atoms with van der Waals surface area (Å²) in [4.78, 5) is 12.6. The van der Waals surface area contributed by atoms with Crippen molar-refractivity contribution in [3.63, 3.8) is 0 Å². The smallest absolute Gasteiger partial charge is 0.344 e. The molecule has 168 valence electrons. The lowest BCUT2D eigenvalue weighted by atomic mass is 10.0. The first kappa shape index (κ1) is 21.4. The monoisotopic (exact) mass is 469 g/mol. The largest absolute Gasteiger partial charge is 0.402 e. The van der Waals surface area contributed by atoms with Crippen LogP contribution in [0.5, 0.6) is 5.88 Å². The molecule has 0 fully saturated rings. The van der Waals surface area contributed by atoms with E-state index in [9.17, 15) is 13.2 Å². The fraction of sp³-hybridized carbons (Fsp3) is 0. The van der Waals surface area contributed by atoms with Crippen molar-refractivity contribution in [1.29, 1.82) is 0 Å². The summed E-state index contributed by atoms with van der Waals surface area (Å²) in [5.74, 6) is -1.05. The van der Waals surface area contributed by atoms with Crippen LogP contribution in [0.15, 0.2) is 108 Å². The number of carbonyl (C=O) groups is 1. The van der Waals surface area contributed by atoms with Crippen molar-refractivity contribution in [3.8, 4) is 17.0 Å². The van der Waals surface area contributed by atoms with Gasteiger partial charge in [-0.1, -0.05) is 72.8 Å². The lowest BCUT2D eigenvalue weighted by Gasteiger charge is -2.07. The topological polar surface area (TPSA) is 104 Å². The Kier molecular flexibility index (Phi) is 5.35. The van der Waals surface area contributed by atoms with Gasteiger partial charge in [-0.15, -0.1) is 9.19 Å². The molecule has 7 nitrogen and oxygen atoms in total. The number of esters is 1. The number of nitrogens with zero attached hydrogens (tertiary/aromatic N) is 2. The van der Waals surface area contributed by atoms with Gasteiger partial charge in [0, 0.05) is 6.07 Å². The Morgan fingerprint density at radius 1 is 0.765 bits per heavy atom. The van der Waals surface area contributed by atoms with Gasteiger partial charge in [-0.2, -0.15) is 8.42 Å². The van der Waals surface area contributed by atoms with Gasteiger partial charge in [-0.25, -0.2) is 4.79 Å². The molecule has 34 heavy (non-hydrogen) atoms. The molecule has 0 spiro atoms. The van der Waals surface area contributed by atoms with E-state index in [1.54, 1.807) is 24.3 Å². The third kappa shape index (κ3) is 4.02. The van der Waals surface area contributed by atoms with Gasteiger partial charge < -0.3 is 10.5 Å². The van der Waals surface area contributed by atoms with Gasteiger partial charge in [0.1, 0.15) is 5.82 Å². The summed E-state index contributed by atoms with van der Waals surface area (Å²) in [6.45, 7) is 0. The number of rotatable bonds is 5. The molecule has 5 aromatic rings. The minimum absolute atomic E-state index is 0.0235. The average molecular weight is 470 g/mol. The van der Waals surface area contributed by atoms with E-state index in [2.05, 4.69) is 5.10 Å². The lowest BCUT2D eigenvalue weighted by molar-refractivity contribution is 0.0727. The van der Waals surface area contributed by atoms with E-state index in [0.717, 1.165) is 21.9 Å². The Labute approximate surface area is 196 Å². The number of hydrogen-bond donors (Lipinski definition) is 1. The minimum Gasteiger partial charge on any atom is -0.402 e. The van der Waals surface area contributed by atoms with Crippen LogP contribution >= 0.6 is 0 Å². The summed E-state index contributed by atoms with van der Waals surface area (Å²) < 4.78 is 32.2. The molecule has 1 aromatic heterocycles. The molecule has 0 aliphatic rings. The molecule has 0 radical (unpaired) electrons. The fourth-order valence-electron chi connectivity index (χ4n) is 3.61. The number of carbonyl (C=O) groups excluding carboxylic acids is 1. The quantitative estimate of drug-likeness (QED) is 0.373. The molecule has 0 aliphatic heterocycles. The fourth-order valence-corrected chi connectivity index (χ4v) is 4.85. The average Bonchev–Trinajstić information content (AvgIpc) is 3.25. The summed E-state index contributed by atoms with van der Waals surface area (Å²) >= 11 is 0. The van der Waals surface area contributed by atoms with Gasteiger partial charge in [0.2, 0.25) is 5.88 Å². The van der Waals surface area contributed by atoms with Gasteiger partial charge in [-0.3, -0.25) is 0 Å². The SMILES string of the molecule is Nc1cc(OC(=O)c2ccc(-c3ccccc3)cc2)nn1S(=O)(=O)c1ccc2ccccc2c1. The minimum atomic E-state index is -4.09. The number of nitrogen functional groups attached to an aromatic ring is 1. The lowest BCUT2D eigenvalue weighted by Crippen LogP contribution is -2.17. The van der Waals surface area contributed by atoms with Crippen LogP contribution in [0, 0.1) is 0 Å². The Morgan fingerprint density at radius 3 is 2.15 bits per heavy atom. The van der Waals surface area contributed by atoms with Gasteiger partial charge in [0.05, 0.1) is 10.5 Å². The second-order valence-corrected chi connectivity index (χ2v) is 9.36. The first-order chi connectivity index (χ1) is 16.4. The normalized spacial score (nSPS) is 11.4. The van der Waals surface area contributed by atoms with Crippen molar-refractivity contribution in [1.82, 2.24) is 9.19 Å². The van der Waals surface area contributed by atoms with Crippen LogP contribution < -0.4 is 10.5 Å². The first-order valence-corrected chi connectivity index (χ1v) is 11.8. The number of anilines is 1. The van der Waals surface area contributed by atoms with E-state index >= 15 is 0 Å². The molecular weight excluding hydrogens is 450 g/mol. The van der Waals surface area contributed by atoms with Crippen molar-refractivity contribution in [2.45, 2.75) is 4.90 Å². The third-order valence-corrected chi connectivity index (χ3v) is 6.95. The molecular formula is C26H19N3O4S. The molecule has 0 unspecified atom stereocenters. The van der Waals surface area contributed by atoms with Crippen molar-refractivity contribution in [3.05, 3.63) is 109 Å². The van der Waals surface area contributed by atoms with Crippen LogP contribution in [-0.2, 0) is 10.0 Å². The van der Waals surface area contributed by atoms with Crippen LogP contribution in [0.1, 0.15) is 10.4 Å². The molecule has 0 bridgehead atoms. The highest BCUT2D eigenvalue weighted by Crippen LogP contribution is 2.25. The van der Waals surface area contributed by atoms with Crippen LogP contribution in [-0.4, -0.2) is 23.6 Å². The second kappa shape index (κ2) is 8.49. The predicted molar refractivity (Wildman–Crippen MR) is 130 cm³/mol. The zero-order valence-electron chi connectivity index (χ0n) is 17.8. The van der Waals surface area contributed by atoms with Gasteiger partial charge in [0.15, 0.2) is 0 Å². The number of fused-ring (bicyclic) bond motifs is 1. The summed E-state index contributed by atoms with van der Waals surface area (Å²) in [6.07, 6.45) is 0. The van der Waals surface area contributed by atoms with E-state index in [1.165, 1.54) is 12.1 Å². The van der Waals surface area contributed by atoms with Gasteiger partial charge >= 0.3 is 5.97 Å². The molecule has 0 aliphatic carbocycles. The van der Waals surface area contributed by atoms with Crippen LogP contribution in [0.25, 0.3) is 21.9 Å². The van der Waals surface area contributed by atoms with Gasteiger partial charge in [-0.05, 0) is 46.2 Å². The van der Waals surface area contributed by atoms with Crippen molar-refractivity contribution in [2.24, 2.45) is 0 Å². The molecule has 1 heterocycles. The number of nitrogens with two attached hydrogens (primary N) is 1. The maximum atomic E-state index is 13.1. The maximum absolute atomic E-state index is 13.1. The molecule has 5 rings (SSSR count). The van der Waals surface area contributed by atoms with E-state index in [0.29, 0.717) is 9.65 Å². The van der Waals surface area contributed by atoms with Crippen molar-refractivity contribution in [2.75, 3.05) is 5.73 Å². The Hall–Kier alpha value is -4.43. The maximum Gasteiger partial charge on any atom is 0.344 e. The molecule has 2 N–H and O–H groups in total. The zero-order valence-corrected chi connectivity index (χ0v) is 18.6. The highest BCUT2D eigenvalue weighted by atomic mass is 32.2. The van der Waals surface area contributed by atoms with E-state index in [-0.39, 0.29) is 16.6 Å². The highest BCUT2D eigenvalue weighted by Gasteiger charge is 2.23. The predicted octanol–water partition coefficient (Wildman–Crippen LogP) is 4.74. The molecule has 4 aromatic carbocycles. The van der Waals surface area contributed by atoms with Crippen LogP contribution in [0.4, 0.5) is 5.82 Å². The Bertz CT molecular complexity index is 1610. The molecule has 0 saturated heterocycles. The summed E-state index contributed by atoms with van der Waals surface area (Å²) in [6, 6.07) is 30.0.